The van der Waals surface area contributed by atoms with E-state index in [9.17, 15) is 4.79 Å². The molecule has 4 rings (SSSR count). The van der Waals surface area contributed by atoms with Crippen LogP contribution in [-0.4, -0.2) is 52.2 Å². The second kappa shape index (κ2) is 7.75. The number of amides is 1. The highest BCUT2D eigenvalue weighted by molar-refractivity contribution is 7.13. The minimum absolute atomic E-state index is 0.159. The first kappa shape index (κ1) is 17.5. The predicted octanol–water partition coefficient (Wildman–Crippen LogP) is 2.89. The summed E-state index contributed by atoms with van der Waals surface area (Å²) in [5.41, 5.74) is 0.306. The molecule has 0 bridgehead atoms. The van der Waals surface area contributed by atoms with Gasteiger partial charge in [0.25, 0.3) is 5.91 Å². The Morgan fingerprint density at radius 1 is 1.37 bits per heavy atom. The maximum atomic E-state index is 12.8. The highest BCUT2D eigenvalue weighted by atomic mass is 32.1. The van der Waals surface area contributed by atoms with Crippen LogP contribution in [0.1, 0.15) is 23.3 Å². The zero-order valence-electron chi connectivity index (χ0n) is 14.7. The van der Waals surface area contributed by atoms with Gasteiger partial charge < -0.3 is 18.9 Å². The summed E-state index contributed by atoms with van der Waals surface area (Å²) in [4.78, 5) is 23.7. The van der Waals surface area contributed by atoms with Gasteiger partial charge in [-0.3, -0.25) is 9.78 Å². The highest BCUT2D eigenvalue weighted by Gasteiger charge is 2.28. The lowest BCUT2D eigenvalue weighted by Gasteiger charge is -2.32. The summed E-state index contributed by atoms with van der Waals surface area (Å²) in [6, 6.07) is 5.55. The average Bonchev–Trinajstić information content (AvgIpc) is 3.39. The highest BCUT2D eigenvalue weighted by Crippen LogP contribution is 2.26. The molecule has 9 heteroatoms. The van der Waals surface area contributed by atoms with Crippen molar-refractivity contribution in [2.75, 3.05) is 20.2 Å². The van der Waals surface area contributed by atoms with Gasteiger partial charge in [0, 0.05) is 12.6 Å². The molecule has 1 amide bonds. The topological polar surface area (TPSA) is 90.6 Å². The van der Waals surface area contributed by atoms with Gasteiger partial charge in [0.05, 0.1) is 30.9 Å². The van der Waals surface area contributed by atoms with E-state index in [2.05, 4.69) is 15.1 Å². The van der Waals surface area contributed by atoms with E-state index in [0.29, 0.717) is 36.3 Å². The molecule has 0 N–H and O–H groups in total. The Hall–Kier alpha value is -2.94. The van der Waals surface area contributed by atoms with Crippen LogP contribution in [0.3, 0.4) is 0 Å². The van der Waals surface area contributed by atoms with Gasteiger partial charge in [-0.05, 0) is 24.3 Å². The first-order valence-electron chi connectivity index (χ1n) is 8.55. The molecule has 1 saturated heterocycles. The molecule has 1 aliphatic heterocycles. The van der Waals surface area contributed by atoms with E-state index in [1.807, 2.05) is 17.5 Å². The fourth-order valence-electron chi connectivity index (χ4n) is 2.95. The number of likely N-dealkylation sites (tertiary alicyclic amines) is 1. The number of piperidine rings is 1. The van der Waals surface area contributed by atoms with Crippen LogP contribution in [0.15, 0.2) is 40.5 Å². The van der Waals surface area contributed by atoms with Crippen molar-refractivity contribution >= 4 is 17.2 Å². The Morgan fingerprint density at radius 3 is 3.07 bits per heavy atom. The smallest absolute Gasteiger partial charge is 0.276 e. The first-order valence-corrected chi connectivity index (χ1v) is 9.43. The van der Waals surface area contributed by atoms with Crippen LogP contribution in [0.4, 0.5) is 0 Å². The molecule has 3 aromatic rings. The number of methoxy groups -OCH3 is 1. The summed E-state index contributed by atoms with van der Waals surface area (Å²) in [5.74, 6) is 1.21. The minimum Gasteiger partial charge on any atom is -0.480 e. The molecule has 140 valence electrons. The van der Waals surface area contributed by atoms with E-state index < -0.39 is 0 Å². The van der Waals surface area contributed by atoms with Gasteiger partial charge in [-0.1, -0.05) is 11.2 Å². The molecule has 0 spiro atoms. The summed E-state index contributed by atoms with van der Waals surface area (Å²) in [6.07, 6.45) is 4.56. The van der Waals surface area contributed by atoms with Crippen molar-refractivity contribution in [3.63, 3.8) is 0 Å². The Bertz CT molecular complexity index is 912. The van der Waals surface area contributed by atoms with Crippen molar-refractivity contribution in [1.29, 1.82) is 0 Å². The lowest BCUT2D eigenvalue weighted by Crippen LogP contribution is -2.44. The monoisotopic (exact) mass is 386 g/mol. The maximum absolute atomic E-state index is 12.8. The van der Waals surface area contributed by atoms with Crippen LogP contribution in [0.2, 0.25) is 0 Å². The SMILES string of the molecule is COc1cncc(OC2CCCN(C(=O)c3cc(-c4cccs4)on3)C2)n1. The number of hydrogen-bond acceptors (Lipinski definition) is 8. The summed E-state index contributed by atoms with van der Waals surface area (Å²) in [6.45, 7) is 1.11. The fraction of sp³-hybridized carbons (Fsp3) is 0.333. The van der Waals surface area contributed by atoms with Gasteiger partial charge in [-0.25, -0.2) is 0 Å². The van der Waals surface area contributed by atoms with Crippen molar-refractivity contribution in [3.8, 4) is 22.4 Å². The number of carbonyl (C=O) groups is 1. The van der Waals surface area contributed by atoms with Gasteiger partial charge in [0.2, 0.25) is 11.8 Å². The second-order valence-electron chi connectivity index (χ2n) is 6.09. The Labute approximate surface area is 159 Å². The number of carbonyl (C=O) groups excluding carboxylic acids is 1. The van der Waals surface area contributed by atoms with Gasteiger partial charge in [-0.15, -0.1) is 11.3 Å². The molecule has 4 heterocycles. The van der Waals surface area contributed by atoms with Crippen molar-refractivity contribution in [3.05, 3.63) is 41.7 Å². The standard InChI is InChI=1S/C18H18N4O4S/c1-24-16-9-19-10-17(20-16)25-12-4-2-6-22(11-12)18(23)13-8-14(26-21-13)15-5-3-7-27-15/h3,5,7-10,12H,2,4,6,11H2,1H3. The Balaban J connectivity index is 1.42. The Kier molecular flexibility index (Phi) is 5.01. The summed E-state index contributed by atoms with van der Waals surface area (Å²) < 4.78 is 16.3. The molecule has 8 nitrogen and oxygen atoms in total. The maximum Gasteiger partial charge on any atom is 0.276 e. The largest absolute Gasteiger partial charge is 0.480 e. The van der Waals surface area contributed by atoms with E-state index in [1.54, 1.807) is 11.0 Å². The van der Waals surface area contributed by atoms with Crippen LogP contribution in [0.5, 0.6) is 11.8 Å². The van der Waals surface area contributed by atoms with Gasteiger partial charge >= 0.3 is 0 Å². The molecule has 1 aliphatic rings. The molecular weight excluding hydrogens is 368 g/mol. The van der Waals surface area contributed by atoms with E-state index in [1.165, 1.54) is 30.8 Å². The number of ether oxygens (including phenoxy) is 2. The van der Waals surface area contributed by atoms with Crippen molar-refractivity contribution in [2.45, 2.75) is 18.9 Å². The lowest BCUT2D eigenvalue weighted by molar-refractivity contribution is 0.0516. The van der Waals surface area contributed by atoms with Crippen LogP contribution in [0, 0.1) is 0 Å². The van der Waals surface area contributed by atoms with E-state index in [-0.39, 0.29) is 12.0 Å². The zero-order chi connectivity index (χ0) is 18.6. The lowest BCUT2D eigenvalue weighted by atomic mass is 10.1. The molecule has 1 fully saturated rings. The normalized spacial score (nSPS) is 16.9. The van der Waals surface area contributed by atoms with E-state index in [0.717, 1.165) is 17.7 Å². The van der Waals surface area contributed by atoms with E-state index >= 15 is 0 Å². The number of rotatable bonds is 5. The molecular formula is C18H18N4O4S. The van der Waals surface area contributed by atoms with Crippen molar-refractivity contribution < 1.29 is 18.8 Å². The number of aromatic nitrogens is 3. The van der Waals surface area contributed by atoms with Crippen molar-refractivity contribution in [2.24, 2.45) is 0 Å². The second-order valence-corrected chi connectivity index (χ2v) is 7.03. The molecule has 3 aromatic heterocycles. The third-order valence-corrected chi connectivity index (χ3v) is 5.13. The zero-order valence-corrected chi connectivity index (χ0v) is 15.5. The fourth-order valence-corrected chi connectivity index (χ4v) is 3.62. The molecule has 1 atom stereocenters. The van der Waals surface area contributed by atoms with Gasteiger partial charge in [0.1, 0.15) is 6.10 Å². The van der Waals surface area contributed by atoms with E-state index in [4.69, 9.17) is 14.0 Å². The number of nitrogens with zero attached hydrogens (tertiary/aromatic N) is 4. The number of hydrogen-bond donors (Lipinski definition) is 0. The van der Waals surface area contributed by atoms with Gasteiger partial charge in [-0.2, -0.15) is 4.98 Å². The summed E-state index contributed by atoms with van der Waals surface area (Å²) >= 11 is 1.54. The van der Waals surface area contributed by atoms with Crippen LogP contribution in [0.25, 0.3) is 10.6 Å². The van der Waals surface area contributed by atoms with Gasteiger partial charge in [0.15, 0.2) is 11.5 Å². The molecule has 0 radical (unpaired) electrons. The van der Waals surface area contributed by atoms with Crippen LogP contribution < -0.4 is 9.47 Å². The Morgan fingerprint density at radius 2 is 2.26 bits per heavy atom. The molecule has 1 unspecified atom stereocenters. The van der Waals surface area contributed by atoms with Crippen molar-refractivity contribution in [1.82, 2.24) is 20.0 Å². The first-order chi connectivity index (χ1) is 13.2. The molecule has 27 heavy (non-hydrogen) atoms. The average molecular weight is 386 g/mol. The van der Waals surface area contributed by atoms with Crippen LogP contribution >= 0.6 is 11.3 Å². The predicted molar refractivity (Wildman–Crippen MR) is 98.0 cm³/mol. The third-order valence-electron chi connectivity index (χ3n) is 4.25. The van der Waals surface area contributed by atoms with Crippen LogP contribution in [-0.2, 0) is 0 Å². The summed E-state index contributed by atoms with van der Waals surface area (Å²) in [7, 11) is 1.52. The molecule has 0 saturated carbocycles. The number of thiophene rings is 1. The molecule has 0 aliphatic carbocycles. The third kappa shape index (κ3) is 3.92. The summed E-state index contributed by atoms with van der Waals surface area (Å²) in [5, 5.41) is 5.89. The quantitative estimate of drug-likeness (QED) is 0.666. The molecule has 0 aromatic carbocycles. The minimum atomic E-state index is -0.161.